The second-order valence-corrected chi connectivity index (χ2v) is 4.49. The number of hydrogen-bond acceptors (Lipinski definition) is 3. The van der Waals surface area contributed by atoms with Gasteiger partial charge < -0.3 is 10.1 Å². The van der Waals surface area contributed by atoms with E-state index in [2.05, 4.69) is 36.3 Å². The minimum absolute atomic E-state index is 0.175. The normalized spacial score (nSPS) is 13.1. The number of aromatic amines is 1. The predicted molar refractivity (Wildman–Crippen MR) is 65.7 cm³/mol. The number of aromatic nitrogens is 2. The molecule has 4 heteroatoms. The molecule has 0 spiro atoms. The number of nitrogens with zero attached hydrogens (tertiary/aromatic N) is 1. The summed E-state index contributed by atoms with van der Waals surface area (Å²) < 4.78 is 5.84. The quantitative estimate of drug-likeness (QED) is 0.699. The first kappa shape index (κ1) is 13.0. The Balaban J connectivity index is 2.44. The van der Waals surface area contributed by atoms with Crippen LogP contribution in [0, 0.1) is 12.8 Å². The summed E-state index contributed by atoms with van der Waals surface area (Å²) in [5, 5.41) is 10.4. The van der Waals surface area contributed by atoms with Gasteiger partial charge in [-0.25, -0.2) is 0 Å². The first-order valence-corrected chi connectivity index (χ1v) is 6.02. The van der Waals surface area contributed by atoms with Crippen molar-refractivity contribution in [3.63, 3.8) is 0 Å². The van der Waals surface area contributed by atoms with Crippen LogP contribution >= 0.6 is 0 Å². The fourth-order valence-electron chi connectivity index (χ4n) is 1.44. The third kappa shape index (κ3) is 4.23. The highest BCUT2D eigenvalue weighted by Crippen LogP contribution is 2.13. The molecule has 1 rings (SSSR count). The van der Waals surface area contributed by atoms with Gasteiger partial charge in [0, 0.05) is 18.3 Å². The number of hydrogen-bond donors (Lipinski definition) is 2. The monoisotopic (exact) mass is 225 g/mol. The van der Waals surface area contributed by atoms with Gasteiger partial charge in [0.2, 0.25) is 5.88 Å². The SMILES string of the molecule is CCCNCC(Oc1cc(C)[nH]n1)C(C)C. The molecule has 0 aliphatic rings. The number of ether oxygens (including phenoxy) is 1. The van der Waals surface area contributed by atoms with E-state index in [1.165, 1.54) is 0 Å². The van der Waals surface area contributed by atoms with Gasteiger partial charge in [-0.2, -0.15) is 0 Å². The maximum absolute atomic E-state index is 5.84. The highest BCUT2D eigenvalue weighted by atomic mass is 16.5. The third-order valence-corrected chi connectivity index (χ3v) is 2.47. The lowest BCUT2D eigenvalue weighted by Gasteiger charge is -2.21. The lowest BCUT2D eigenvalue weighted by atomic mass is 10.1. The van der Waals surface area contributed by atoms with Crippen LogP contribution in [0.2, 0.25) is 0 Å². The van der Waals surface area contributed by atoms with Crippen molar-refractivity contribution >= 4 is 0 Å². The molecule has 4 nitrogen and oxygen atoms in total. The Morgan fingerprint density at radius 3 is 2.75 bits per heavy atom. The molecule has 16 heavy (non-hydrogen) atoms. The predicted octanol–water partition coefficient (Wildman–Crippen LogP) is 2.12. The lowest BCUT2D eigenvalue weighted by molar-refractivity contribution is 0.142. The van der Waals surface area contributed by atoms with Crippen molar-refractivity contribution in [3.05, 3.63) is 11.8 Å². The molecular formula is C12H23N3O. The number of nitrogens with one attached hydrogen (secondary N) is 2. The van der Waals surface area contributed by atoms with Crippen LogP contribution < -0.4 is 10.1 Å². The van der Waals surface area contributed by atoms with Crippen LogP contribution in [0.5, 0.6) is 5.88 Å². The Labute approximate surface area is 97.8 Å². The summed E-state index contributed by atoms with van der Waals surface area (Å²) in [4.78, 5) is 0. The van der Waals surface area contributed by atoms with E-state index in [1.807, 2.05) is 13.0 Å². The average molecular weight is 225 g/mol. The van der Waals surface area contributed by atoms with Crippen LogP contribution in [0.15, 0.2) is 6.07 Å². The topological polar surface area (TPSA) is 49.9 Å². The second kappa shape index (κ2) is 6.53. The van der Waals surface area contributed by atoms with Crippen molar-refractivity contribution in [1.29, 1.82) is 0 Å². The highest BCUT2D eigenvalue weighted by molar-refractivity contribution is 5.12. The summed E-state index contributed by atoms with van der Waals surface area (Å²) in [5.74, 6) is 1.16. The lowest BCUT2D eigenvalue weighted by Crippen LogP contribution is -2.35. The molecule has 1 unspecified atom stereocenters. The first-order valence-electron chi connectivity index (χ1n) is 6.02. The van der Waals surface area contributed by atoms with Gasteiger partial charge in [0.1, 0.15) is 6.10 Å². The van der Waals surface area contributed by atoms with E-state index in [0.717, 1.165) is 25.2 Å². The van der Waals surface area contributed by atoms with Crippen LogP contribution in [0.3, 0.4) is 0 Å². The van der Waals surface area contributed by atoms with Crippen LogP contribution in [0.4, 0.5) is 0 Å². The summed E-state index contributed by atoms with van der Waals surface area (Å²) >= 11 is 0. The van der Waals surface area contributed by atoms with Crippen molar-refractivity contribution in [2.45, 2.75) is 40.2 Å². The largest absolute Gasteiger partial charge is 0.472 e. The van der Waals surface area contributed by atoms with E-state index in [1.54, 1.807) is 0 Å². The van der Waals surface area contributed by atoms with Crippen LogP contribution in [-0.2, 0) is 0 Å². The third-order valence-electron chi connectivity index (χ3n) is 2.47. The Morgan fingerprint density at radius 1 is 1.50 bits per heavy atom. The standard InChI is InChI=1S/C12H23N3O/c1-5-6-13-8-11(9(2)3)16-12-7-10(4)14-15-12/h7,9,11,13H,5-6,8H2,1-4H3,(H,14,15). The smallest absolute Gasteiger partial charge is 0.233 e. The number of rotatable bonds is 7. The van der Waals surface area contributed by atoms with Gasteiger partial charge in [0.25, 0.3) is 0 Å². The van der Waals surface area contributed by atoms with Crippen molar-refractivity contribution < 1.29 is 4.74 Å². The summed E-state index contributed by atoms with van der Waals surface area (Å²) in [5.41, 5.74) is 1.03. The fourth-order valence-corrected chi connectivity index (χ4v) is 1.44. The molecule has 92 valence electrons. The summed E-state index contributed by atoms with van der Waals surface area (Å²) in [6.07, 6.45) is 1.32. The van der Waals surface area contributed by atoms with E-state index >= 15 is 0 Å². The molecule has 0 saturated carbocycles. The molecular weight excluding hydrogens is 202 g/mol. The van der Waals surface area contributed by atoms with Gasteiger partial charge in [0.05, 0.1) is 0 Å². The Hall–Kier alpha value is -1.03. The van der Waals surface area contributed by atoms with Gasteiger partial charge in [-0.15, -0.1) is 5.10 Å². The maximum Gasteiger partial charge on any atom is 0.233 e. The molecule has 0 aliphatic carbocycles. The Kier molecular flexibility index (Phi) is 5.32. The van der Waals surface area contributed by atoms with Crippen LogP contribution in [0.25, 0.3) is 0 Å². The zero-order chi connectivity index (χ0) is 12.0. The minimum atomic E-state index is 0.175. The highest BCUT2D eigenvalue weighted by Gasteiger charge is 2.15. The minimum Gasteiger partial charge on any atom is -0.472 e. The van der Waals surface area contributed by atoms with Gasteiger partial charge >= 0.3 is 0 Å². The summed E-state index contributed by atoms with van der Waals surface area (Å²) in [6.45, 7) is 10.4. The first-order chi connectivity index (χ1) is 7.63. The number of H-pyrrole nitrogens is 1. The average Bonchev–Trinajstić information content (AvgIpc) is 2.63. The molecule has 0 bridgehead atoms. The molecule has 0 saturated heterocycles. The Bertz CT molecular complexity index is 296. The fraction of sp³-hybridized carbons (Fsp3) is 0.750. The van der Waals surface area contributed by atoms with Crippen LogP contribution in [-0.4, -0.2) is 29.4 Å². The Morgan fingerprint density at radius 2 is 2.25 bits per heavy atom. The van der Waals surface area contributed by atoms with E-state index in [0.29, 0.717) is 11.8 Å². The maximum atomic E-state index is 5.84. The summed E-state index contributed by atoms with van der Waals surface area (Å²) in [7, 11) is 0. The van der Waals surface area contributed by atoms with Gasteiger partial charge in [-0.1, -0.05) is 20.8 Å². The molecule has 1 aromatic rings. The van der Waals surface area contributed by atoms with Crippen molar-refractivity contribution in [2.24, 2.45) is 5.92 Å². The van der Waals surface area contributed by atoms with Gasteiger partial charge in [-0.05, 0) is 25.8 Å². The van der Waals surface area contributed by atoms with Crippen molar-refractivity contribution in [2.75, 3.05) is 13.1 Å². The molecule has 0 radical (unpaired) electrons. The molecule has 1 atom stereocenters. The number of aryl methyl sites for hydroxylation is 1. The van der Waals surface area contributed by atoms with E-state index in [4.69, 9.17) is 4.74 Å². The molecule has 1 aromatic heterocycles. The van der Waals surface area contributed by atoms with Crippen molar-refractivity contribution in [1.82, 2.24) is 15.5 Å². The molecule has 0 fully saturated rings. The van der Waals surface area contributed by atoms with E-state index in [9.17, 15) is 0 Å². The molecule has 0 aromatic carbocycles. The zero-order valence-corrected chi connectivity index (χ0v) is 10.7. The summed E-state index contributed by atoms with van der Waals surface area (Å²) in [6, 6.07) is 1.93. The van der Waals surface area contributed by atoms with Gasteiger partial charge in [-0.3, -0.25) is 5.10 Å². The van der Waals surface area contributed by atoms with E-state index < -0.39 is 0 Å². The zero-order valence-electron chi connectivity index (χ0n) is 10.7. The molecule has 1 heterocycles. The van der Waals surface area contributed by atoms with Crippen LogP contribution in [0.1, 0.15) is 32.9 Å². The van der Waals surface area contributed by atoms with Crippen molar-refractivity contribution in [3.8, 4) is 5.88 Å². The molecule has 0 amide bonds. The van der Waals surface area contributed by atoms with Gasteiger partial charge in [0.15, 0.2) is 0 Å². The second-order valence-electron chi connectivity index (χ2n) is 4.49. The molecule has 0 aliphatic heterocycles. The van der Waals surface area contributed by atoms with E-state index in [-0.39, 0.29) is 6.10 Å². The molecule has 2 N–H and O–H groups in total.